The predicted octanol–water partition coefficient (Wildman–Crippen LogP) is 2.24. The Morgan fingerprint density at radius 1 is 1.53 bits per heavy atom. The standard InChI is InChI=1S/C13H18N2OS/c1-13(2)11-9(5-3-7-14-11)15(12(13)16)10-6-4-8-17-10/h4,6,8-9,11,14H,3,5,7H2,1-2H3. The molecule has 3 nitrogen and oxygen atoms in total. The van der Waals surface area contributed by atoms with E-state index < -0.39 is 0 Å². The van der Waals surface area contributed by atoms with Crippen molar-refractivity contribution in [2.45, 2.75) is 38.8 Å². The lowest BCUT2D eigenvalue weighted by molar-refractivity contribution is -0.124. The highest BCUT2D eigenvalue weighted by Crippen LogP contribution is 2.43. The quantitative estimate of drug-likeness (QED) is 0.829. The lowest BCUT2D eigenvalue weighted by Gasteiger charge is -2.34. The molecule has 2 aliphatic heterocycles. The molecule has 0 aromatic carbocycles. The third-order valence-corrected chi connectivity index (χ3v) is 4.92. The Labute approximate surface area is 106 Å². The molecule has 2 fully saturated rings. The Balaban J connectivity index is 2.01. The van der Waals surface area contributed by atoms with Crippen molar-refractivity contribution in [1.29, 1.82) is 0 Å². The second-order valence-corrected chi connectivity index (χ2v) is 6.42. The SMILES string of the molecule is CC1(C)C(=O)N(c2cccs2)C2CCCNC21. The Hall–Kier alpha value is -0.870. The summed E-state index contributed by atoms with van der Waals surface area (Å²) in [6.45, 7) is 5.17. The number of thiophene rings is 1. The molecule has 2 saturated heterocycles. The number of amides is 1. The molecule has 2 aliphatic rings. The Morgan fingerprint density at radius 2 is 2.35 bits per heavy atom. The Bertz CT molecular complexity index is 427. The molecule has 0 aliphatic carbocycles. The number of hydrogen-bond acceptors (Lipinski definition) is 3. The molecule has 0 radical (unpaired) electrons. The van der Waals surface area contributed by atoms with Crippen molar-refractivity contribution in [2.24, 2.45) is 5.41 Å². The third-order valence-electron chi connectivity index (χ3n) is 4.05. The molecule has 1 aromatic heterocycles. The number of anilines is 1. The first-order chi connectivity index (χ1) is 8.12. The van der Waals surface area contributed by atoms with Crippen LogP contribution in [0.1, 0.15) is 26.7 Å². The van der Waals surface area contributed by atoms with Gasteiger partial charge in [0.25, 0.3) is 0 Å². The van der Waals surface area contributed by atoms with E-state index in [2.05, 4.69) is 25.2 Å². The van der Waals surface area contributed by atoms with Gasteiger partial charge in [0.05, 0.1) is 16.5 Å². The molecule has 3 rings (SSSR count). The van der Waals surface area contributed by atoms with E-state index in [1.54, 1.807) is 11.3 Å². The molecule has 1 aromatic rings. The average Bonchev–Trinajstić information content (AvgIpc) is 2.88. The summed E-state index contributed by atoms with van der Waals surface area (Å²) in [5, 5.41) is 6.67. The monoisotopic (exact) mass is 250 g/mol. The number of piperidine rings is 1. The van der Waals surface area contributed by atoms with Gasteiger partial charge in [0.15, 0.2) is 0 Å². The molecule has 17 heavy (non-hydrogen) atoms. The van der Waals surface area contributed by atoms with Crippen molar-refractivity contribution in [3.63, 3.8) is 0 Å². The zero-order chi connectivity index (χ0) is 12.0. The largest absolute Gasteiger partial charge is 0.311 e. The van der Waals surface area contributed by atoms with Crippen LogP contribution in [0.3, 0.4) is 0 Å². The first-order valence-electron chi connectivity index (χ1n) is 6.23. The number of nitrogens with one attached hydrogen (secondary N) is 1. The van der Waals surface area contributed by atoms with E-state index in [0.717, 1.165) is 24.4 Å². The van der Waals surface area contributed by atoms with Crippen molar-refractivity contribution in [1.82, 2.24) is 5.32 Å². The van der Waals surface area contributed by atoms with Crippen LogP contribution < -0.4 is 10.2 Å². The van der Waals surface area contributed by atoms with E-state index in [-0.39, 0.29) is 11.3 Å². The Kier molecular flexibility index (Phi) is 2.52. The van der Waals surface area contributed by atoms with E-state index >= 15 is 0 Å². The van der Waals surface area contributed by atoms with E-state index in [4.69, 9.17) is 0 Å². The number of fused-ring (bicyclic) bond motifs is 1. The summed E-state index contributed by atoms with van der Waals surface area (Å²) < 4.78 is 0. The molecule has 3 heterocycles. The average molecular weight is 250 g/mol. The fourth-order valence-electron chi connectivity index (χ4n) is 3.15. The summed E-state index contributed by atoms with van der Waals surface area (Å²) in [6.07, 6.45) is 2.27. The van der Waals surface area contributed by atoms with Gasteiger partial charge in [-0.2, -0.15) is 0 Å². The van der Waals surface area contributed by atoms with Crippen LogP contribution in [0.15, 0.2) is 17.5 Å². The first-order valence-corrected chi connectivity index (χ1v) is 7.11. The molecular formula is C13H18N2OS. The van der Waals surface area contributed by atoms with Crippen LogP contribution in [0, 0.1) is 5.41 Å². The molecular weight excluding hydrogens is 232 g/mol. The van der Waals surface area contributed by atoms with E-state index in [9.17, 15) is 4.79 Å². The normalized spacial score (nSPS) is 31.6. The zero-order valence-corrected chi connectivity index (χ0v) is 11.1. The van der Waals surface area contributed by atoms with E-state index in [1.165, 1.54) is 0 Å². The summed E-state index contributed by atoms with van der Waals surface area (Å²) in [4.78, 5) is 14.6. The van der Waals surface area contributed by atoms with Crippen LogP contribution in [0.25, 0.3) is 0 Å². The molecule has 2 atom stereocenters. The highest BCUT2D eigenvalue weighted by molar-refractivity contribution is 7.14. The van der Waals surface area contributed by atoms with Gasteiger partial charge in [0.2, 0.25) is 5.91 Å². The molecule has 92 valence electrons. The minimum absolute atomic E-state index is 0.268. The molecule has 0 spiro atoms. The zero-order valence-electron chi connectivity index (χ0n) is 10.3. The fraction of sp³-hybridized carbons (Fsp3) is 0.615. The summed E-state index contributed by atoms with van der Waals surface area (Å²) in [5.74, 6) is 0.268. The second-order valence-electron chi connectivity index (χ2n) is 5.49. The van der Waals surface area contributed by atoms with Crippen molar-refractivity contribution in [2.75, 3.05) is 11.4 Å². The first kappa shape index (κ1) is 11.2. The summed E-state index contributed by atoms with van der Waals surface area (Å²) in [6, 6.07) is 4.70. The maximum Gasteiger partial charge on any atom is 0.235 e. The van der Waals surface area contributed by atoms with Gasteiger partial charge in [-0.05, 0) is 50.7 Å². The maximum atomic E-state index is 12.6. The van der Waals surface area contributed by atoms with Gasteiger partial charge in [-0.25, -0.2) is 0 Å². The smallest absolute Gasteiger partial charge is 0.235 e. The lowest BCUT2D eigenvalue weighted by Crippen LogP contribution is -2.50. The van der Waals surface area contributed by atoms with Crippen LogP contribution in [0.4, 0.5) is 5.00 Å². The second kappa shape index (κ2) is 3.82. The number of carbonyl (C=O) groups excluding carboxylic acids is 1. The molecule has 0 saturated carbocycles. The van der Waals surface area contributed by atoms with Crippen molar-refractivity contribution in [3.05, 3.63) is 17.5 Å². The minimum atomic E-state index is -0.283. The van der Waals surface area contributed by atoms with Crippen molar-refractivity contribution >= 4 is 22.2 Å². The highest BCUT2D eigenvalue weighted by Gasteiger charge is 2.54. The number of nitrogens with zero attached hydrogens (tertiary/aromatic N) is 1. The van der Waals surface area contributed by atoms with Crippen LogP contribution in [-0.2, 0) is 4.79 Å². The number of hydrogen-bond donors (Lipinski definition) is 1. The van der Waals surface area contributed by atoms with Crippen LogP contribution in [0.5, 0.6) is 0 Å². The molecule has 2 unspecified atom stereocenters. The van der Waals surface area contributed by atoms with Gasteiger partial charge in [0, 0.05) is 6.04 Å². The summed E-state index contributed by atoms with van der Waals surface area (Å²) in [5.41, 5.74) is -0.283. The third kappa shape index (κ3) is 1.54. The van der Waals surface area contributed by atoms with Gasteiger partial charge >= 0.3 is 0 Å². The van der Waals surface area contributed by atoms with Crippen LogP contribution in [0.2, 0.25) is 0 Å². The van der Waals surface area contributed by atoms with Gasteiger partial charge < -0.3 is 5.32 Å². The lowest BCUT2D eigenvalue weighted by atomic mass is 9.81. The summed E-state index contributed by atoms with van der Waals surface area (Å²) in [7, 11) is 0. The van der Waals surface area contributed by atoms with Gasteiger partial charge in [0.1, 0.15) is 0 Å². The van der Waals surface area contributed by atoms with Gasteiger partial charge in [-0.3, -0.25) is 9.69 Å². The highest BCUT2D eigenvalue weighted by atomic mass is 32.1. The molecule has 1 N–H and O–H groups in total. The van der Waals surface area contributed by atoms with E-state index in [0.29, 0.717) is 12.1 Å². The van der Waals surface area contributed by atoms with Crippen molar-refractivity contribution < 1.29 is 4.79 Å². The van der Waals surface area contributed by atoms with Crippen LogP contribution in [-0.4, -0.2) is 24.5 Å². The summed E-state index contributed by atoms with van der Waals surface area (Å²) >= 11 is 1.66. The fourth-order valence-corrected chi connectivity index (χ4v) is 3.94. The van der Waals surface area contributed by atoms with Crippen LogP contribution >= 0.6 is 11.3 Å². The van der Waals surface area contributed by atoms with Gasteiger partial charge in [-0.1, -0.05) is 0 Å². The number of carbonyl (C=O) groups is 1. The van der Waals surface area contributed by atoms with E-state index in [1.807, 2.05) is 16.3 Å². The Morgan fingerprint density at radius 3 is 3.06 bits per heavy atom. The molecule has 0 bridgehead atoms. The number of rotatable bonds is 1. The topological polar surface area (TPSA) is 32.3 Å². The van der Waals surface area contributed by atoms with Crippen molar-refractivity contribution in [3.8, 4) is 0 Å². The molecule has 1 amide bonds. The van der Waals surface area contributed by atoms with Gasteiger partial charge in [-0.15, -0.1) is 11.3 Å². The minimum Gasteiger partial charge on any atom is -0.311 e. The molecule has 4 heteroatoms. The maximum absolute atomic E-state index is 12.6. The predicted molar refractivity (Wildman–Crippen MR) is 70.4 cm³/mol.